The van der Waals surface area contributed by atoms with Gasteiger partial charge in [-0.2, -0.15) is 38.9 Å². The molecular formula is C41H34N10O21S7. The summed E-state index contributed by atoms with van der Waals surface area (Å²) in [5, 5.41) is 82.8. The van der Waals surface area contributed by atoms with E-state index in [1.165, 1.54) is 35.6 Å². The molecule has 0 aliphatic carbocycles. The number of para-hydroxylation sites is 2. The van der Waals surface area contributed by atoms with E-state index in [0.29, 0.717) is 34.9 Å². The molecule has 0 radical (unpaired) electrons. The first-order chi connectivity index (χ1) is 37.1. The van der Waals surface area contributed by atoms with Crippen molar-refractivity contribution in [2.45, 2.75) is 39.9 Å². The Labute approximate surface area is 456 Å². The summed E-state index contributed by atoms with van der Waals surface area (Å²) in [5.41, 5.74) is -0.0376. The number of thiazole rings is 1. The van der Waals surface area contributed by atoms with Crippen LogP contribution in [-0.4, -0.2) is 106 Å². The van der Waals surface area contributed by atoms with E-state index in [-0.39, 0.29) is 101 Å². The molecule has 0 amide bonds. The van der Waals surface area contributed by atoms with Crippen LogP contribution in [0.2, 0.25) is 0 Å². The predicted octanol–water partition coefficient (Wildman–Crippen LogP) is 9.91. The second-order valence-electron chi connectivity index (χ2n) is 15.8. The number of aromatic hydroxyl groups is 2. The van der Waals surface area contributed by atoms with Gasteiger partial charge < -0.3 is 14.9 Å². The minimum atomic E-state index is -5.12. The van der Waals surface area contributed by atoms with Crippen molar-refractivity contribution in [3.05, 3.63) is 83.4 Å². The van der Waals surface area contributed by atoms with Crippen LogP contribution in [0.4, 0.5) is 33.6 Å². The third kappa shape index (κ3) is 14.4. The molecule has 0 fully saturated rings. The van der Waals surface area contributed by atoms with E-state index in [1.54, 1.807) is 31.2 Å². The summed E-state index contributed by atoms with van der Waals surface area (Å²) >= 11 is 1.54. The number of rotatable bonds is 19. The van der Waals surface area contributed by atoms with Crippen LogP contribution in [0, 0.1) is 25.2 Å². The number of aryl methyl sites for hydroxylation is 1. The van der Waals surface area contributed by atoms with Gasteiger partial charge in [-0.25, -0.2) is 20.5 Å². The zero-order valence-corrected chi connectivity index (χ0v) is 45.4. The van der Waals surface area contributed by atoms with Gasteiger partial charge in [-0.15, -0.1) is 39.4 Å². The molecule has 416 valence electrons. The molecule has 3 heterocycles. The molecule has 38 heteroatoms. The number of phenolic OH excluding ortho intramolecular Hbond substituents is 1. The third-order valence-corrected chi connectivity index (χ3v) is 14.9. The summed E-state index contributed by atoms with van der Waals surface area (Å²) in [6.07, 6.45) is 0.494. The second-order valence-corrected chi connectivity index (χ2v) is 24.1. The molecule has 8 rings (SSSR count). The molecular weight excluding hydrogens is 1190 g/mol. The Morgan fingerprint density at radius 1 is 0.747 bits per heavy atom. The summed E-state index contributed by atoms with van der Waals surface area (Å²) in [6, 6.07) is 16.9. The van der Waals surface area contributed by atoms with Crippen molar-refractivity contribution in [1.82, 2.24) is 14.4 Å². The van der Waals surface area contributed by atoms with Gasteiger partial charge in [0.1, 0.15) is 49.8 Å². The highest BCUT2D eigenvalue weighted by Gasteiger charge is 2.25. The van der Waals surface area contributed by atoms with Crippen molar-refractivity contribution >= 4 is 147 Å². The molecule has 8 aromatic rings. The number of aromatic nitrogens is 3. The fourth-order valence-electron chi connectivity index (χ4n) is 7.08. The zero-order valence-electron chi connectivity index (χ0n) is 39.7. The summed E-state index contributed by atoms with van der Waals surface area (Å²) in [5.74, 6) is -2.06. The lowest BCUT2D eigenvalue weighted by Crippen LogP contribution is -2.08. The number of ether oxygens (including phenoxy) is 1. The number of nitriles is 1. The maximum absolute atomic E-state index is 12.8. The van der Waals surface area contributed by atoms with Gasteiger partial charge in [0.15, 0.2) is 17.1 Å². The van der Waals surface area contributed by atoms with Crippen molar-refractivity contribution in [3.63, 3.8) is 0 Å². The zero-order chi connectivity index (χ0) is 57.8. The van der Waals surface area contributed by atoms with Gasteiger partial charge in [0.2, 0.25) is 11.0 Å². The maximum atomic E-state index is 12.8. The van der Waals surface area contributed by atoms with Gasteiger partial charge in [0, 0.05) is 21.9 Å². The highest BCUT2D eigenvalue weighted by atomic mass is 32.2. The van der Waals surface area contributed by atoms with E-state index in [0.717, 1.165) is 29.5 Å². The highest BCUT2D eigenvalue weighted by Crippen LogP contribution is 2.48. The van der Waals surface area contributed by atoms with Crippen molar-refractivity contribution in [2.75, 3.05) is 18.6 Å². The molecule has 0 unspecified atom stereocenters. The monoisotopic (exact) mass is 1230 g/mol. The van der Waals surface area contributed by atoms with Crippen LogP contribution in [0.3, 0.4) is 0 Å². The van der Waals surface area contributed by atoms with E-state index >= 15 is 0 Å². The lowest BCUT2D eigenvalue weighted by molar-refractivity contribution is -0.432. The highest BCUT2D eigenvalue weighted by molar-refractivity contribution is 7.95. The molecule has 0 saturated carbocycles. The van der Waals surface area contributed by atoms with Crippen LogP contribution >= 0.6 is 35.4 Å². The number of benzene rings is 5. The first-order valence-corrected chi connectivity index (χ1v) is 29.7. The standard InChI is InChI=1S/C40H30N10O18S6.CH4O3S/c1-18-10-26(29(64-8-5-9-72(55,56)57)16-25(18)44-49-40-43-35-30(69-40)13-21(70-67-65-53)14-33(35)74(61,62)63)45-48-36-31(71-68-66-54)11-20-12-32(73(58,59)60)27(15-22(20)37(36)51)46-47-34-19(2)23(17-41)38-42-24-6-3-4-7-28(24)50(38)39(34)52;1-5(2,3)4/h3-4,6-7,10-16,51-54H,5,8-9H2,1-2H3,(H,55,56,57)(H,58,59,60)(H,61,62,63);1H3,(H,2,3,4). The van der Waals surface area contributed by atoms with E-state index in [9.17, 15) is 62.8 Å². The predicted molar refractivity (Wildman–Crippen MR) is 278 cm³/mol. The number of nitrogens with zero attached hydrogens (tertiary/aromatic N) is 10. The molecule has 0 bridgehead atoms. The Kier molecular flexibility index (Phi) is 18.2. The first kappa shape index (κ1) is 59.6. The van der Waals surface area contributed by atoms with Gasteiger partial charge >= 0.3 is 0 Å². The minimum Gasteiger partial charge on any atom is -0.505 e. The number of hydrogen-bond acceptors (Lipinski definition) is 29. The summed E-state index contributed by atoms with van der Waals surface area (Å²) in [6.45, 7) is 2.68. The van der Waals surface area contributed by atoms with Crippen LogP contribution in [0.25, 0.3) is 37.7 Å². The van der Waals surface area contributed by atoms with Crippen LogP contribution in [0.5, 0.6) is 17.4 Å². The van der Waals surface area contributed by atoms with Crippen molar-refractivity contribution < 1.29 is 96.1 Å². The number of imidazole rings is 1. The summed E-state index contributed by atoms with van der Waals surface area (Å²) in [4.78, 5) is 7.08. The molecule has 0 spiro atoms. The molecule has 0 saturated heterocycles. The normalized spacial score (nSPS) is 12.7. The maximum Gasteiger partial charge on any atom is 0.296 e. The Morgan fingerprint density at radius 2 is 1.39 bits per heavy atom. The van der Waals surface area contributed by atoms with Gasteiger partial charge in [0.25, 0.3) is 40.5 Å². The molecule has 0 atom stereocenters. The van der Waals surface area contributed by atoms with E-state index in [2.05, 4.69) is 59.4 Å². The van der Waals surface area contributed by atoms with Gasteiger partial charge in [-0.05, 0) is 79.7 Å². The van der Waals surface area contributed by atoms with Crippen LogP contribution < -0.4 is 4.74 Å². The average molecular weight is 1230 g/mol. The number of phenols is 1. The summed E-state index contributed by atoms with van der Waals surface area (Å²) < 4.78 is 145. The molecule has 0 aliphatic rings. The van der Waals surface area contributed by atoms with Crippen LogP contribution in [0.1, 0.15) is 23.1 Å². The topological polar surface area (TPSA) is 473 Å². The Hall–Kier alpha value is -7.01. The average Bonchev–Trinajstić information content (AvgIpc) is 3.96. The number of pyridine rings is 1. The fourth-order valence-corrected chi connectivity index (χ4v) is 10.9. The summed E-state index contributed by atoms with van der Waals surface area (Å²) in [7, 11) is -18.0. The minimum absolute atomic E-state index is 0.00979. The first-order valence-electron chi connectivity index (χ1n) is 21.1. The molecule has 8 N–H and O–H groups in total. The molecule has 31 nitrogen and oxygen atoms in total. The Bertz CT molecular complexity index is 4330. The van der Waals surface area contributed by atoms with Crippen LogP contribution in [0.15, 0.2) is 117 Å². The third-order valence-electron chi connectivity index (χ3n) is 10.3. The van der Waals surface area contributed by atoms with E-state index in [1.807, 2.05) is 6.07 Å². The fraction of sp³-hybridized carbons (Fsp3) is 0.146. The number of azo groups is 3. The molecule has 3 aromatic heterocycles. The van der Waals surface area contributed by atoms with E-state index < -0.39 is 79.0 Å². The Balaban J connectivity index is 0.00000173. The van der Waals surface area contributed by atoms with Crippen molar-refractivity contribution in [3.8, 4) is 23.4 Å². The largest absolute Gasteiger partial charge is 0.505 e. The van der Waals surface area contributed by atoms with Gasteiger partial charge in [-0.1, -0.05) is 33.5 Å². The number of hydrogen-bond donors (Lipinski definition) is 8. The quantitative estimate of drug-likeness (QED) is 0.00931. The van der Waals surface area contributed by atoms with Crippen LogP contribution in [-0.2, 0) is 59.2 Å². The number of fused-ring (bicyclic) bond motifs is 5. The molecule has 0 aliphatic heterocycles. The molecule has 5 aromatic carbocycles. The van der Waals surface area contributed by atoms with Crippen molar-refractivity contribution in [2.24, 2.45) is 30.7 Å². The second kappa shape index (κ2) is 24.2. The van der Waals surface area contributed by atoms with Crippen molar-refractivity contribution in [1.29, 1.82) is 5.26 Å². The Morgan fingerprint density at radius 3 is 2.05 bits per heavy atom. The van der Waals surface area contributed by atoms with Gasteiger partial charge in [0.05, 0.1) is 69.0 Å². The molecule has 79 heavy (non-hydrogen) atoms. The van der Waals surface area contributed by atoms with E-state index in [4.69, 9.17) is 19.8 Å². The lowest BCUT2D eigenvalue weighted by Gasteiger charge is -2.13. The smallest absolute Gasteiger partial charge is 0.296 e. The lowest BCUT2D eigenvalue weighted by atomic mass is 10.1. The van der Waals surface area contributed by atoms with Gasteiger partial charge in [-0.3, -0.25) is 22.6 Å². The SMILES string of the molecule is CS(=O)(=O)O.Cc1cc(N=Nc2c(SOOO)cc3cc(S(=O)(=O)O)c(N=Nc4c(C)c(C#N)c5nc6ccccc6n5c4O)cc3c2O)c(OCCCS(=O)(=O)O)cc1N=Nc1nc2c(S(=O)(=O)O)cc(SOOO)cc2s1.